The Morgan fingerprint density at radius 2 is 0.660 bits per heavy atom. The summed E-state index contributed by atoms with van der Waals surface area (Å²) in [5.41, 5.74) is 14.1. The van der Waals surface area contributed by atoms with Crippen molar-refractivity contribution in [2.45, 2.75) is 0 Å². The number of hydrogen-bond acceptors (Lipinski definition) is 0. The van der Waals surface area contributed by atoms with Crippen molar-refractivity contribution in [3.8, 4) is 55.6 Å². The van der Waals surface area contributed by atoms with Crippen LogP contribution < -0.4 is 0 Å². The summed E-state index contributed by atoms with van der Waals surface area (Å²) < 4.78 is 0. The van der Waals surface area contributed by atoms with Crippen LogP contribution in [0, 0.1) is 0 Å². The molecule has 0 heterocycles. The molecule has 0 saturated carbocycles. The van der Waals surface area contributed by atoms with Gasteiger partial charge >= 0.3 is 0 Å². The van der Waals surface area contributed by atoms with E-state index in [4.69, 9.17) is 0 Å². The first kappa shape index (κ1) is 30.8. The predicted molar refractivity (Wildman–Crippen MR) is 217 cm³/mol. The molecule has 0 amide bonds. The second kappa shape index (κ2) is 13.5. The summed E-state index contributed by atoms with van der Waals surface area (Å²) in [5.74, 6) is 0. The molecule has 236 valence electrons. The number of fused-ring (bicyclic) bond motifs is 2. The third-order valence-corrected chi connectivity index (χ3v) is 9.55. The van der Waals surface area contributed by atoms with Crippen LogP contribution in [0.15, 0.2) is 207 Å². The minimum Gasteiger partial charge on any atom is -0.0990 e. The second-order valence-corrected chi connectivity index (χ2v) is 12.6. The maximum atomic E-state index is 4.15. The van der Waals surface area contributed by atoms with Crippen molar-refractivity contribution in [3.05, 3.63) is 213 Å². The molecule has 0 aliphatic rings. The van der Waals surface area contributed by atoms with Crippen LogP contribution >= 0.6 is 0 Å². The summed E-state index contributed by atoms with van der Waals surface area (Å²) in [6, 6.07) is 63.7. The average Bonchev–Trinajstić information content (AvgIpc) is 3.19. The van der Waals surface area contributed by atoms with E-state index >= 15 is 0 Å². The molecule has 8 aromatic carbocycles. The van der Waals surface area contributed by atoms with E-state index in [1.54, 1.807) is 0 Å². The highest BCUT2D eigenvalue weighted by Gasteiger charge is 2.19. The zero-order valence-corrected chi connectivity index (χ0v) is 27.9. The van der Waals surface area contributed by atoms with Gasteiger partial charge in [0.05, 0.1) is 0 Å². The van der Waals surface area contributed by atoms with Gasteiger partial charge in [0, 0.05) is 0 Å². The van der Waals surface area contributed by atoms with Crippen LogP contribution in [0.4, 0.5) is 0 Å². The lowest BCUT2D eigenvalue weighted by Gasteiger charge is -2.20. The topological polar surface area (TPSA) is 0 Å². The first-order valence-electron chi connectivity index (χ1n) is 17.1. The normalized spacial score (nSPS) is 11.5. The fraction of sp³-hybridized carbons (Fsp3) is 0. The summed E-state index contributed by atoms with van der Waals surface area (Å²) in [7, 11) is 0. The van der Waals surface area contributed by atoms with Crippen molar-refractivity contribution in [1.29, 1.82) is 0 Å². The van der Waals surface area contributed by atoms with E-state index in [2.05, 4.69) is 189 Å². The van der Waals surface area contributed by atoms with Gasteiger partial charge in [-0.05, 0) is 125 Å². The second-order valence-electron chi connectivity index (χ2n) is 12.6. The summed E-state index contributed by atoms with van der Waals surface area (Å²) in [4.78, 5) is 0. The first-order valence-corrected chi connectivity index (χ1v) is 17.1. The largest absolute Gasteiger partial charge is 0.0990 e. The van der Waals surface area contributed by atoms with Crippen LogP contribution in [0.5, 0.6) is 0 Å². The van der Waals surface area contributed by atoms with Gasteiger partial charge in [0.25, 0.3) is 0 Å². The molecular weight excluding hydrogens is 601 g/mol. The monoisotopic (exact) mass is 636 g/mol. The Kier molecular flexibility index (Phi) is 8.35. The number of benzene rings is 8. The molecule has 0 spiro atoms. The van der Waals surface area contributed by atoms with E-state index in [0.717, 1.165) is 16.7 Å². The molecule has 8 aromatic rings. The molecule has 0 heteroatoms. The molecule has 0 bridgehead atoms. The van der Waals surface area contributed by atoms with E-state index in [0.29, 0.717) is 0 Å². The van der Waals surface area contributed by atoms with Gasteiger partial charge in [0.15, 0.2) is 0 Å². The van der Waals surface area contributed by atoms with Gasteiger partial charge in [0.1, 0.15) is 0 Å². The molecule has 0 radical (unpaired) electrons. The van der Waals surface area contributed by atoms with Crippen LogP contribution in [0.3, 0.4) is 0 Å². The Morgan fingerprint density at radius 1 is 0.340 bits per heavy atom. The fourth-order valence-corrected chi connectivity index (χ4v) is 7.26. The molecule has 0 atom stereocenters. The Labute approximate surface area is 294 Å². The van der Waals surface area contributed by atoms with Crippen LogP contribution in [0.2, 0.25) is 0 Å². The van der Waals surface area contributed by atoms with Gasteiger partial charge in [-0.3, -0.25) is 0 Å². The first-order chi connectivity index (χ1) is 24.7. The zero-order chi connectivity index (χ0) is 33.9. The molecule has 0 saturated heterocycles. The van der Waals surface area contributed by atoms with Crippen molar-refractivity contribution in [2.75, 3.05) is 0 Å². The highest BCUT2D eigenvalue weighted by molar-refractivity contribution is 6.22. The summed E-state index contributed by atoms with van der Waals surface area (Å²) in [6.45, 7) is 8.13. The Morgan fingerprint density at radius 3 is 1.04 bits per heavy atom. The standard InChI is InChI=1S/C50H36/c1-3-18-35(4-2)39-29-40(36-19-8-5-9-20-36)32-43(31-39)49-45-25-14-16-27-47(45)50(48-28-17-15-26-46(48)49)44-33-41(37-21-10-6-11-22-37)30-42(34-44)38-23-12-7-13-24-38/h3-34H,1-2H2/b35-18+. The lowest BCUT2D eigenvalue weighted by atomic mass is 9.83. The minimum absolute atomic E-state index is 1.04. The fourth-order valence-electron chi connectivity index (χ4n) is 7.26. The molecule has 0 N–H and O–H groups in total. The molecule has 0 aromatic heterocycles. The van der Waals surface area contributed by atoms with Crippen molar-refractivity contribution >= 4 is 27.1 Å². The molecule has 50 heavy (non-hydrogen) atoms. The molecule has 0 aliphatic heterocycles. The summed E-state index contributed by atoms with van der Waals surface area (Å²) >= 11 is 0. The van der Waals surface area contributed by atoms with Crippen molar-refractivity contribution in [2.24, 2.45) is 0 Å². The minimum atomic E-state index is 1.04. The molecular formula is C50H36. The van der Waals surface area contributed by atoms with Gasteiger partial charge in [-0.2, -0.15) is 0 Å². The highest BCUT2D eigenvalue weighted by atomic mass is 14.2. The quantitative estimate of drug-likeness (QED) is 0.115. The van der Waals surface area contributed by atoms with Crippen LogP contribution in [0.1, 0.15) is 5.56 Å². The van der Waals surface area contributed by atoms with Gasteiger partial charge in [-0.1, -0.05) is 171 Å². The molecule has 0 unspecified atom stereocenters. The van der Waals surface area contributed by atoms with E-state index in [9.17, 15) is 0 Å². The van der Waals surface area contributed by atoms with E-state index in [-0.39, 0.29) is 0 Å². The third kappa shape index (κ3) is 5.78. The maximum Gasteiger partial charge on any atom is -0.00259 e. The zero-order valence-electron chi connectivity index (χ0n) is 27.9. The van der Waals surface area contributed by atoms with Gasteiger partial charge in [-0.25, -0.2) is 0 Å². The lowest BCUT2D eigenvalue weighted by molar-refractivity contribution is 1.57. The SMILES string of the molecule is C=C/C=C(\C=C)c1cc(-c2ccccc2)cc(-c2c3ccccc3c(-c3cc(-c4ccccc4)cc(-c4ccccc4)c3)c3ccccc23)c1. The van der Waals surface area contributed by atoms with Crippen LogP contribution in [0.25, 0.3) is 82.8 Å². The van der Waals surface area contributed by atoms with Crippen LogP contribution in [-0.2, 0) is 0 Å². The smallest absolute Gasteiger partial charge is 0.00259 e. The predicted octanol–water partition coefficient (Wildman–Crippen LogP) is 14.1. The Hall–Kier alpha value is -6.50. The van der Waals surface area contributed by atoms with E-state index in [1.165, 1.54) is 71.6 Å². The van der Waals surface area contributed by atoms with E-state index < -0.39 is 0 Å². The molecule has 0 nitrogen and oxygen atoms in total. The van der Waals surface area contributed by atoms with Crippen LogP contribution in [-0.4, -0.2) is 0 Å². The van der Waals surface area contributed by atoms with Crippen molar-refractivity contribution in [1.82, 2.24) is 0 Å². The Balaban J connectivity index is 1.45. The lowest BCUT2D eigenvalue weighted by Crippen LogP contribution is -1.94. The summed E-state index contributed by atoms with van der Waals surface area (Å²) in [5, 5.41) is 4.89. The van der Waals surface area contributed by atoms with Crippen molar-refractivity contribution in [3.63, 3.8) is 0 Å². The third-order valence-electron chi connectivity index (χ3n) is 9.55. The van der Waals surface area contributed by atoms with Gasteiger partial charge < -0.3 is 0 Å². The van der Waals surface area contributed by atoms with Crippen molar-refractivity contribution < 1.29 is 0 Å². The van der Waals surface area contributed by atoms with E-state index in [1.807, 2.05) is 18.2 Å². The van der Waals surface area contributed by atoms with Gasteiger partial charge in [-0.15, -0.1) is 0 Å². The number of allylic oxidation sites excluding steroid dienone is 4. The average molecular weight is 637 g/mol. The van der Waals surface area contributed by atoms with Gasteiger partial charge in [0.2, 0.25) is 0 Å². The Bertz CT molecular complexity index is 2420. The molecule has 8 rings (SSSR count). The molecule has 0 fully saturated rings. The number of hydrogen-bond donors (Lipinski definition) is 0. The molecule has 0 aliphatic carbocycles. The highest BCUT2D eigenvalue weighted by Crippen LogP contribution is 2.46. The maximum absolute atomic E-state index is 4.15. The number of rotatable bonds is 8. The summed E-state index contributed by atoms with van der Waals surface area (Å²) in [6.07, 6.45) is 5.78.